The Morgan fingerprint density at radius 1 is 1.17 bits per heavy atom. The highest BCUT2D eigenvalue weighted by Gasteiger charge is 2.42. The summed E-state index contributed by atoms with van der Waals surface area (Å²) in [6.07, 6.45) is -2.42. The van der Waals surface area contributed by atoms with Gasteiger partial charge in [-0.15, -0.1) is 11.8 Å². The minimum Gasteiger partial charge on any atom is -0.462 e. The van der Waals surface area contributed by atoms with Gasteiger partial charge in [-0.3, -0.25) is 33.5 Å². The number of thioether (sulfide) groups is 1. The van der Waals surface area contributed by atoms with Crippen LogP contribution in [-0.2, 0) is 35.1 Å². The minimum atomic E-state index is -1.70. The number of aryl methyl sites for hydroxylation is 1. The predicted octanol–water partition coefficient (Wildman–Crippen LogP) is 1.68. The topological polar surface area (TPSA) is 238 Å². The van der Waals surface area contributed by atoms with Gasteiger partial charge < -0.3 is 30.1 Å². The van der Waals surface area contributed by atoms with Crippen LogP contribution in [0.1, 0.15) is 64.8 Å². The number of azide groups is 1. The maximum absolute atomic E-state index is 13.7. The summed E-state index contributed by atoms with van der Waals surface area (Å²) in [5, 5.41) is 20.7. The summed E-state index contributed by atoms with van der Waals surface area (Å²) in [7, 11) is 0. The smallest absolute Gasteiger partial charge is 0.330 e. The van der Waals surface area contributed by atoms with E-state index in [1.54, 1.807) is 24.3 Å². The molecule has 282 valence electrons. The Bertz CT molecular complexity index is 1800. The van der Waals surface area contributed by atoms with Gasteiger partial charge in [0.05, 0.1) is 23.4 Å². The van der Waals surface area contributed by atoms with Gasteiger partial charge in [-0.05, 0) is 59.1 Å². The first-order chi connectivity index (χ1) is 24.4. The Labute approximate surface area is 304 Å². The zero-order valence-electron chi connectivity index (χ0n) is 30.0. The normalized spacial score (nSPS) is 21.5. The zero-order valence-corrected chi connectivity index (χ0v) is 30.8. The summed E-state index contributed by atoms with van der Waals surface area (Å²) in [5.41, 5.74) is 6.92. The molecule has 52 heavy (non-hydrogen) atoms. The number of aromatic amines is 1. The fraction of sp³-hybridized carbons (Fsp3) is 0.588. The highest BCUT2D eigenvalue weighted by atomic mass is 32.2. The molecule has 0 bridgehead atoms. The molecule has 2 saturated heterocycles. The molecule has 2 aliphatic rings. The molecule has 0 spiro atoms. The van der Waals surface area contributed by atoms with Gasteiger partial charge in [0.15, 0.2) is 6.10 Å². The van der Waals surface area contributed by atoms with Gasteiger partial charge in [-0.2, -0.15) is 0 Å². The molecule has 18 heteroatoms. The Morgan fingerprint density at radius 3 is 2.52 bits per heavy atom. The second-order valence-electron chi connectivity index (χ2n) is 14.6. The summed E-state index contributed by atoms with van der Waals surface area (Å²) >= 11 is 1.38. The van der Waals surface area contributed by atoms with Crippen LogP contribution < -0.4 is 21.9 Å². The fourth-order valence-corrected chi connectivity index (χ4v) is 7.05. The monoisotopic (exact) mass is 742 g/mol. The van der Waals surface area contributed by atoms with Gasteiger partial charge in [0.1, 0.15) is 25.0 Å². The molecular weight excluding hydrogens is 696 g/mol. The highest BCUT2D eigenvalue weighted by molar-refractivity contribution is 7.99. The molecule has 4 rings (SSSR count). The lowest BCUT2D eigenvalue weighted by molar-refractivity contribution is -0.161. The van der Waals surface area contributed by atoms with Gasteiger partial charge in [-0.25, -0.2) is 4.79 Å². The highest BCUT2D eigenvalue weighted by Crippen LogP contribution is 2.31. The summed E-state index contributed by atoms with van der Waals surface area (Å²) in [6.45, 7) is 9.64. The van der Waals surface area contributed by atoms with E-state index in [1.807, 2.05) is 26.8 Å². The van der Waals surface area contributed by atoms with Crippen LogP contribution in [-0.4, -0.2) is 97.4 Å². The van der Waals surface area contributed by atoms with E-state index < -0.39 is 76.5 Å². The number of benzene rings is 1. The lowest BCUT2D eigenvalue weighted by Crippen LogP contribution is -2.57. The van der Waals surface area contributed by atoms with E-state index in [2.05, 4.69) is 25.6 Å². The molecule has 1 aromatic heterocycles. The second-order valence-corrected chi connectivity index (χ2v) is 15.6. The van der Waals surface area contributed by atoms with E-state index in [1.165, 1.54) is 48.2 Å². The molecule has 2 aromatic rings. The van der Waals surface area contributed by atoms with Gasteiger partial charge >= 0.3 is 11.7 Å². The van der Waals surface area contributed by atoms with Crippen LogP contribution in [0.5, 0.6) is 0 Å². The average molecular weight is 743 g/mol. The Balaban J connectivity index is 1.42. The number of nitrogens with one attached hydrogen (secondary N) is 3. The quantitative estimate of drug-likeness (QED) is 0.100. The third-order valence-corrected chi connectivity index (χ3v) is 9.65. The molecule has 1 aromatic carbocycles. The van der Waals surface area contributed by atoms with E-state index >= 15 is 0 Å². The number of carbonyl (C=O) groups excluding carboxylic acids is 4. The van der Waals surface area contributed by atoms with Gasteiger partial charge in [-0.1, -0.05) is 35.4 Å². The van der Waals surface area contributed by atoms with Crippen molar-refractivity contribution in [3.8, 4) is 0 Å². The molecule has 1 unspecified atom stereocenters. The Morgan fingerprint density at radius 2 is 1.87 bits per heavy atom. The molecule has 0 saturated carbocycles. The molecule has 0 aliphatic carbocycles. The van der Waals surface area contributed by atoms with Crippen molar-refractivity contribution in [2.75, 3.05) is 18.2 Å². The van der Waals surface area contributed by atoms with Crippen molar-refractivity contribution in [1.29, 1.82) is 0 Å². The van der Waals surface area contributed by atoms with Crippen LogP contribution in [0.3, 0.4) is 0 Å². The van der Waals surface area contributed by atoms with Crippen molar-refractivity contribution < 1.29 is 33.8 Å². The summed E-state index contributed by atoms with van der Waals surface area (Å²) in [6, 6.07) is 6.25. The van der Waals surface area contributed by atoms with Gasteiger partial charge in [0, 0.05) is 40.8 Å². The Hall–Kier alpha value is -4.64. The number of aliphatic hydroxyl groups excluding tert-OH is 1. The number of amides is 3. The molecule has 3 heterocycles. The SMILES string of the molecule is Cc1cn([C@H]2CC(N=[N+]=[N-])[C@@H](COC(=O)C(C)(C)CC(=O)N[C@@H](Cc3ccccc3)[C@H](O)C(=O)N3CSC[C@H]3C(=O)NC(C)(C)C)O2)c(=O)[nH]c1=O. The number of nitrogens with zero attached hydrogens (tertiary/aromatic N) is 5. The number of ether oxygens (including phenoxy) is 2. The average Bonchev–Trinajstić information content (AvgIpc) is 3.72. The number of hydrogen-bond acceptors (Lipinski definition) is 11. The van der Waals surface area contributed by atoms with Crippen molar-refractivity contribution in [3.63, 3.8) is 0 Å². The standard InChI is InChI=1S/C34H46N8O9S/c1-19-15-41(32(49)37-28(19)45)26-13-21(39-40-35)24(51-26)16-50-31(48)34(5,6)14-25(43)36-22(12-20-10-8-7-9-11-20)27(44)30(47)42-18-52-17-23(42)29(46)38-33(2,3)4/h7-11,15,21-24,26-27,44H,12-14,16-18H2,1-6H3,(H,36,43)(H,38,46)(H,37,45,49)/t21?,22-,23-,24+,26+,27-/m0/s1. The number of aliphatic hydroxyl groups is 1. The zero-order chi connectivity index (χ0) is 38.4. The molecule has 2 fully saturated rings. The van der Waals surface area contributed by atoms with Crippen molar-refractivity contribution in [3.05, 3.63) is 78.9 Å². The third kappa shape index (κ3) is 10.2. The molecule has 0 radical (unpaired) electrons. The maximum Gasteiger partial charge on any atom is 0.330 e. The van der Waals surface area contributed by atoms with Crippen LogP contribution in [0.4, 0.5) is 0 Å². The van der Waals surface area contributed by atoms with Crippen LogP contribution in [0.2, 0.25) is 0 Å². The summed E-state index contributed by atoms with van der Waals surface area (Å²) in [4.78, 5) is 84.0. The summed E-state index contributed by atoms with van der Waals surface area (Å²) < 4.78 is 12.6. The molecule has 2 aliphatic heterocycles. The third-order valence-electron chi connectivity index (χ3n) is 8.64. The van der Waals surface area contributed by atoms with Crippen LogP contribution >= 0.6 is 11.8 Å². The van der Waals surface area contributed by atoms with Crippen LogP contribution in [0.25, 0.3) is 10.4 Å². The molecule has 4 N–H and O–H groups in total. The van der Waals surface area contributed by atoms with Gasteiger partial charge in [0.25, 0.3) is 11.5 Å². The van der Waals surface area contributed by atoms with Crippen molar-refractivity contribution in [1.82, 2.24) is 25.1 Å². The molecule has 6 atom stereocenters. The molecular formula is C34H46N8O9S. The number of rotatable bonds is 13. The van der Waals surface area contributed by atoms with E-state index in [0.29, 0.717) is 5.75 Å². The van der Waals surface area contributed by atoms with E-state index in [-0.39, 0.29) is 43.2 Å². The predicted molar refractivity (Wildman–Crippen MR) is 191 cm³/mol. The van der Waals surface area contributed by atoms with Crippen LogP contribution in [0.15, 0.2) is 51.2 Å². The van der Waals surface area contributed by atoms with Gasteiger partial charge in [0.2, 0.25) is 11.8 Å². The van der Waals surface area contributed by atoms with E-state index in [4.69, 9.17) is 15.0 Å². The van der Waals surface area contributed by atoms with Crippen LogP contribution in [0, 0.1) is 12.3 Å². The first-order valence-electron chi connectivity index (χ1n) is 16.8. The first kappa shape index (κ1) is 40.1. The van der Waals surface area contributed by atoms with E-state index in [9.17, 15) is 33.9 Å². The van der Waals surface area contributed by atoms with Crippen molar-refractivity contribution in [2.45, 2.75) is 103 Å². The number of hydrogen-bond donors (Lipinski definition) is 4. The number of H-pyrrole nitrogens is 1. The second kappa shape index (κ2) is 16.8. The molecule has 3 amide bonds. The maximum atomic E-state index is 13.7. The number of esters is 1. The minimum absolute atomic E-state index is 0.0748. The number of carbonyl (C=O) groups is 4. The Kier molecular flexibility index (Phi) is 13.0. The lowest BCUT2D eigenvalue weighted by atomic mass is 9.88. The molecule has 17 nitrogen and oxygen atoms in total. The first-order valence-corrected chi connectivity index (χ1v) is 18.0. The lowest BCUT2D eigenvalue weighted by Gasteiger charge is -2.32. The van der Waals surface area contributed by atoms with E-state index in [0.717, 1.165) is 5.56 Å². The summed E-state index contributed by atoms with van der Waals surface area (Å²) in [5.74, 6) is -1.91. The fourth-order valence-electron chi connectivity index (χ4n) is 5.89. The number of aromatic nitrogens is 2. The largest absolute Gasteiger partial charge is 0.462 e. The van der Waals surface area contributed by atoms with Crippen molar-refractivity contribution >= 4 is 35.5 Å². The van der Waals surface area contributed by atoms with Crippen molar-refractivity contribution in [2.24, 2.45) is 10.5 Å².